The molecule has 0 saturated carbocycles. The van der Waals surface area contributed by atoms with Crippen LogP contribution in [0.5, 0.6) is 0 Å². The molecule has 0 fully saturated rings. The Morgan fingerprint density at radius 2 is 1.81 bits per heavy atom. The highest BCUT2D eigenvalue weighted by molar-refractivity contribution is 6.33. The van der Waals surface area contributed by atoms with Crippen LogP contribution in [0.3, 0.4) is 0 Å². The van der Waals surface area contributed by atoms with E-state index in [9.17, 15) is 13.6 Å². The van der Waals surface area contributed by atoms with Crippen molar-refractivity contribution in [2.75, 3.05) is 10.6 Å². The van der Waals surface area contributed by atoms with E-state index in [-0.39, 0.29) is 11.4 Å². The lowest BCUT2D eigenvalue weighted by Crippen LogP contribution is -2.16. The third kappa shape index (κ3) is 4.12. The van der Waals surface area contributed by atoms with Gasteiger partial charge in [0.25, 0.3) is 5.91 Å². The summed E-state index contributed by atoms with van der Waals surface area (Å²) in [4.78, 5) is 20.6. The number of hydrogen-bond acceptors (Lipinski definition) is 4. The summed E-state index contributed by atoms with van der Waals surface area (Å²) in [7, 11) is 0. The van der Waals surface area contributed by atoms with E-state index in [1.807, 2.05) is 0 Å². The van der Waals surface area contributed by atoms with E-state index < -0.39 is 17.5 Å². The first kappa shape index (κ1) is 17.8. The molecule has 0 spiro atoms. The number of carbonyl (C=O) groups excluding carboxylic acids is 1. The number of aryl methyl sites for hydroxylation is 1. The van der Waals surface area contributed by atoms with Crippen molar-refractivity contribution >= 4 is 34.7 Å². The smallest absolute Gasteiger partial charge is 0.274 e. The van der Waals surface area contributed by atoms with Crippen molar-refractivity contribution in [2.45, 2.75) is 6.92 Å². The minimum Gasteiger partial charge on any atom is -0.339 e. The van der Waals surface area contributed by atoms with E-state index in [4.69, 9.17) is 11.6 Å². The molecule has 2 aromatic carbocycles. The standard InChI is InChI=1S/C18H13ClF2N4O/c1-10-22-16(18(26)25-15-7-6-11(20)8-13(15)21)9-17(23-10)24-14-5-3-2-4-12(14)19/h2-9H,1H3,(H,25,26)(H,22,23,24). The van der Waals surface area contributed by atoms with E-state index >= 15 is 0 Å². The van der Waals surface area contributed by atoms with Crippen molar-refractivity contribution < 1.29 is 13.6 Å². The van der Waals surface area contributed by atoms with Crippen LogP contribution in [0.25, 0.3) is 0 Å². The molecule has 0 saturated heterocycles. The number of halogens is 3. The molecule has 0 atom stereocenters. The van der Waals surface area contributed by atoms with Crippen molar-refractivity contribution in [3.05, 3.63) is 76.7 Å². The van der Waals surface area contributed by atoms with E-state index in [0.29, 0.717) is 28.4 Å². The number of anilines is 3. The van der Waals surface area contributed by atoms with Crippen molar-refractivity contribution in [1.29, 1.82) is 0 Å². The lowest BCUT2D eigenvalue weighted by atomic mass is 10.2. The molecule has 0 bridgehead atoms. The van der Waals surface area contributed by atoms with Crippen LogP contribution in [0.1, 0.15) is 16.3 Å². The lowest BCUT2D eigenvalue weighted by molar-refractivity contribution is 0.102. The molecule has 0 aliphatic carbocycles. The highest BCUT2D eigenvalue weighted by Crippen LogP contribution is 2.24. The molecule has 0 radical (unpaired) electrons. The maximum absolute atomic E-state index is 13.7. The van der Waals surface area contributed by atoms with Gasteiger partial charge in [-0.3, -0.25) is 4.79 Å². The van der Waals surface area contributed by atoms with Crippen LogP contribution >= 0.6 is 11.6 Å². The molecule has 8 heteroatoms. The number of amides is 1. The zero-order chi connectivity index (χ0) is 18.7. The average molecular weight is 375 g/mol. The molecule has 3 aromatic rings. The minimum atomic E-state index is -0.876. The van der Waals surface area contributed by atoms with Gasteiger partial charge in [0.2, 0.25) is 0 Å². The van der Waals surface area contributed by atoms with E-state index in [2.05, 4.69) is 20.6 Å². The average Bonchev–Trinajstić information content (AvgIpc) is 2.59. The fraction of sp³-hybridized carbons (Fsp3) is 0.0556. The number of aromatic nitrogens is 2. The Morgan fingerprint density at radius 1 is 1.04 bits per heavy atom. The maximum atomic E-state index is 13.7. The first-order valence-electron chi connectivity index (χ1n) is 7.56. The highest BCUT2D eigenvalue weighted by atomic mass is 35.5. The molecule has 3 rings (SSSR count). The molecule has 5 nitrogen and oxygen atoms in total. The number of para-hydroxylation sites is 1. The molecule has 26 heavy (non-hydrogen) atoms. The van der Waals surface area contributed by atoms with Gasteiger partial charge in [0.1, 0.15) is 29.0 Å². The van der Waals surface area contributed by atoms with Gasteiger partial charge in [-0.05, 0) is 31.2 Å². The normalized spacial score (nSPS) is 10.5. The Kier molecular flexibility index (Phi) is 5.09. The molecule has 1 aromatic heterocycles. The summed E-state index contributed by atoms with van der Waals surface area (Å²) in [6, 6.07) is 11.3. The Bertz CT molecular complexity index is 981. The SMILES string of the molecule is Cc1nc(Nc2ccccc2Cl)cc(C(=O)Nc2ccc(F)cc2F)n1. The third-order valence-corrected chi connectivity index (χ3v) is 3.72. The van der Waals surface area contributed by atoms with Gasteiger partial charge in [-0.15, -0.1) is 0 Å². The Hall–Kier alpha value is -3.06. The van der Waals surface area contributed by atoms with E-state index in [1.54, 1.807) is 31.2 Å². The molecule has 0 aliphatic heterocycles. The van der Waals surface area contributed by atoms with Crippen molar-refractivity contribution in [3.63, 3.8) is 0 Å². The molecule has 1 heterocycles. The van der Waals surface area contributed by atoms with Crippen LogP contribution in [0.4, 0.5) is 26.0 Å². The Morgan fingerprint density at radius 3 is 2.54 bits per heavy atom. The second kappa shape index (κ2) is 7.45. The molecule has 132 valence electrons. The van der Waals surface area contributed by atoms with Crippen LogP contribution in [-0.4, -0.2) is 15.9 Å². The summed E-state index contributed by atoms with van der Waals surface area (Å²) in [6.07, 6.45) is 0. The van der Waals surface area contributed by atoms with Crippen molar-refractivity contribution in [3.8, 4) is 0 Å². The predicted octanol–water partition coefficient (Wildman–Crippen LogP) is 4.71. The molecule has 1 amide bonds. The van der Waals surface area contributed by atoms with Crippen LogP contribution in [0.15, 0.2) is 48.5 Å². The number of nitrogens with zero attached hydrogens (tertiary/aromatic N) is 2. The second-order valence-corrected chi connectivity index (χ2v) is 5.78. The predicted molar refractivity (Wildman–Crippen MR) is 95.8 cm³/mol. The Labute approximate surface area is 153 Å². The number of nitrogens with one attached hydrogen (secondary N) is 2. The van der Waals surface area contributed by atoms with Gasteiger partial charge in [-0.2, -0.15) is 0 Å². The summed E-state index contributed by atoms with van der Waals surface area (Å²) in [5, 5.41) is 5.85. The Balaban J connectivity index is 1.85. The molecule has 0 aliphatic rings. The van der Waals surface area contributed by atoms with Crippen LogP contribution < -0.4 is 10.6 Å². The lowest BCUT2D eigenvalue weighted by Gasteiger charge is -2.10. The fourth-order valence-corrected chi connectivity index (χ4v) is 2.41. The van der Waals surface area contributed by atoms with Gasteiger partial charge in [0, 0.05) is 12.1 Å². The largest absolute Gasteiger partial charge is 0.339 e. The van der Waals surface area contributed by atoms with E-state index in [0.717, 1.165) is 12.1 Å². The zero-order valence-corrected chi connectivity index (χ0v) is 14.3. The quantitative estimate of drug-likeness (QED) is 0.694. The number of carbonyl (C=O) groups is 1. The molecule has 0 unspecified atom stereocenters. The number of rotatable bonds is 4. The van der Waals surface area contributed by atoms with Gasteiger partial charge in [-0.25, -0.2) is 18.7 Å². The topological polar surface area (TPSA) is 66.9 Å². The number of hydrogen-bond donors (Lipinski definition) is 2. The number of benzene rings is 2. The zero-order valence-electron chi connectivity index (χ0n) is 13.6. The summed E-state index contributed by atoms with van der Waals surface area (Å²) >= 11 is 6.10. The maximum Gasteiger partial charge on any atom is 0.274 e. The van der Waals surface area contributed by atoms with Gasteiger partial charge in [0.15, 0.2) is 0 Å². The first-order chi connectivity index (χ1) is 12.4. The summed E-state index contributed by atoms with van der Waals surface area (Å²) in [5.41, 5.74) is 0.493. The second-order valence-electron chi connectivity index (χ2n) is 5.37. The monoisotopic (exact) mass is 374 g/mol. The molecular weight excluding hydrogens is 362 g/mol. The van der Waals surface area contributed by atoms with E-state index in [1.165, 1.54) is 6.07 Å². The summed E-state index contributed by atoms with van der Waals surface area (Å²) in [5.74, 6) is -1.56. The van der Waals surface area contributed by atoms with Gasteiger partial charge < -0.3 is 10.6 Å². The molecule has 2 N–H and O–H groups in total. The summed E-state index contributed by atoms with van der Waals surface area (Å²) < 4.78 is 26.7. The fourth-order valence-electron chi connectivity index (χ4n) is 2.23. The van der Waals surface area contributed by atoms with Gasteiger partial charge >= 0.3 is 0 Å². The van der Waals surface area contributed by atoms with Gasteiger partial charge in [0.05, 0.1) is 16.4 Å². The minimum absolute atomic E-state index is 0.0239. The van der Waals surface area contributed by atoms with Crippen LogP contribution in [0, 0.1) is 18.6 Å². The highest BCUT2D eigenvalue weighted by Gasteiger charge is 2.14. The van der Waals surface area contributed by atoms with Crippen LogP contribution in [0.2, 0.25) is 5.02 Å². The van der Waals surface area contributed by atoms with Gasteiger partial charge in [-0.1, -0.05) is 23.7 Å². The summed E-state index contributed by atoms with van der Waals surface area (Å²) in [6.45, 7) is 1.62. The van der Waals surface area contributed by atoms with Crippen LogP contribution in [-0.2, 0) is 0 Å². The molecular formula is C18H13ClF2N4O. The third-order valence-electron chi connectivity index (χ3n) is 3.39. The first-order valence-corrected chi connectivity index (χ1v) is 7.94. The van der Waals surface area contributed by atoms with Crippen molar-refractivity contribution in [1.82, 2.24) is 9.97 Å². The van der Waals surface area contributed by atoms with Crippen molar-refractivity contribution in [2.24, 2.45) is 0 Å².